The first-order valence-corrected chi connectivity index (χ1v) is 9.07. The number of fused-ring (bicyclic) bond motifs is 1. The van der Waals surface area contributed by atoms with E-state index in [4.69, 9.17) is 4.74 Å². The SMILES string of the molecule is O=C(COc1ccc2ccccc2c1)NCCCNc1ccc(C(F)(F)F)cn1. The molecule has 0 unspecified atom stereocenters. The molecule has 0 fully saturated rings. The minimum Gasteiger partial charge on any atom is -0.484 e. The lowest BCUT2D eigenvalue weighted by Crippen LogP contribution is -2.30. The van der Waals surface area contributed by atoms with Crippen molar-refractivity contribution in [3.8, 4) is 5.75 Å². The highest BCUT2D eigenvalue weighted by molar-refractivity contribution is 5.84. The number of halogens is 3. The maximum atomic E-state index is 12.5. The van der Waals surface area contributed by atoms with Crippen molar-refractivity contribution in [3.05, 3.63) is 66.4 Å². The average molecular weight is 403 g/mol. The molecule has 1 heterocycles. The molecule has 0 radical (unpaired) electrons. The van der Waals surface area contributed by atoms with Crippen molar-refractivity contribution in [2.45, 2.75) is 12.6 Å². The summed E-state index contributed by atoms with van der Waals surface area (Å²) in [5.41, 5.74) is -0.790. The summed E-state index contributed by atoms with van der Waals surface area (Å²) in [5, 5.41) is 7.78. The first-order valence-electron chi connectivity index (χ1n) is 9.07. The maximum Gasteiger partial charge on any atom is 0.417 e. The molecular formula is C21H20F3N3O2. The van der Waals surface area contributed by atoms with E-state index in [0.29, 0.717) is 31.1 Å². The highest BCUT2D eigenvalue weighted by atomic mass is 19.4. The molecule has 3 aromatic rings. The third-order valence-corrected chi connectivity index (χ3v) is 4.16. The molecule has 0 aliphatic rings. The summed E-state index contributed by atoms with van der Waals surface area (Å²) in [6, 6.07) is 15.7. The zero-order valence-corrected chi connectivity index (χ0v) is 15.5. The van der Waals surface area contributed by atoms with Gasteiger partial charge in [-0.15, -0.1) is 0 Å². The van der Waals surface area contributed by atoms with Crippen LogP contribution in [0.15, 0.2) is 60.8 Å². The van der Waals surface area contributed by atoms with Gasteiger partial charge in [0.05, 0.1) is 5.56 Å². The van der Waals surface area contributed by atoms with Crippen molar-refractivity contribution >= 4 is 22.5 Å². The van der Waals surface area contributed by atoms with Crippen LogP contribution in [0.5, 0.6) is 5.75 Å². The molecule has 0 spiro atoms. The van der Waals surface area contributed by atoms with E-state index in [1.807, 2.05) is 42.5 Å². The minimum atomic E-state index is -4.40. The Kier molecular flexibility index (Phi) is 6.54. The van der Waals surface area contributed by atoms with Crippen LogP contribution < -0.4 is 15.4 Å². The largest absolute Gasteiger partial charge is 0.484 e. The van der Waals surface area contributed by atoms with Crippen molar-refractivity contribution < 1.29 is 22.7 Å². The number of rotatable bonds is 8. The van der Waals surface area contributed by atoms with Crippen LogP contribution in [0.25, 0.3) is 10.8 Å². The first kappa shape index (κ1) is 20.4. The standard InChI is InChI=1S/C21H20F3N3O2/c22-21(23,24)17-7-9-19(27-13-17)25-10-3-11-26-20(28)14-29-18-8-6-15-4-1-2-5-16(15)12-18/h1-2,4-9,12-13H,3,10-11,14H2,(H,25,27)(H,26,28). The summed E-state index contributed by atoms with van der Waals surface area (Å²) >= 11 is 0. The van der Waals surface area contributed by atoms with E-state index >= 15 is 0 Å². The molecule has 0 bridgehead atoms. The molecule has 0 aliphatic heterocycles. The van der Waals surface area contributed by atoms with Crippen molar-refractivity contribution in [3.63, 3.8) is 0 Å². The monoisotopic (exact) mass is 403 g/mol. The van der Waals surface area contributed by atoms with Gasteiger partial charge in [0.15, 0.2) is 6.61 Å². The summed E-state index contributed by atoms with van der Waals surface area (Å²) < 4.78 is 42.9. The highest BCUT2D eigenvalue weighted by Crippen LogP contribution is 2.28. The lowest BCUT2D eigenvalue weighted by Gasteiger charge is -2.10. The molecule has 2 aromatic carbocycles. The van der Waals surface area contributed by atoms with Gasteiger partial charge < -0.3 is 15.4 Å². The Bertz CT molecular complexity index is 959. The number of carbonyl (C=O) groups excluding carboxylic acids is 1. The molecular weight excluding hydrogens is 383 g/mol. The van der Waals surface area contributed by atoms with E-state index in [-0.39, 0.29) is 12.5 Å². The second-order valence-electron chi connectivity index (χ2n) is 6.36. The fraction of sp³-hybridized carbons (Fsp3) is 0.238. The second kappa shape index (κ2) is 9.27. The summed E-state index contributed by atoms with van der Waals surface area (Å²) in [7, 11) is 0. The summed E-state index contributed by atoms with van der Waals surface area (Å²) in [6.45, 7) is 0.782. The molecule has 3 rings (SSSR count). The van der Waals surface area contributed by atoms with Gasteiger partial charge in [0.1, 0.15) is 11.6 Å². The van der Waals surface area contributed by atoms with E-state index in [1.165, 1.54) is 6.07 Å². The Balaban J connectivity index is 1.33. The Hall–Kier alpha value is -3.29. The number of pyridine rings is 1. The van der Waals surface area contributed by atoms with Crippen molar-refractivity contribution in [2.75, 3.05) is 25.0 Å². The Morgan fingerprint density at radius 3 is 2.52 bits per heavy atom. The van der Waals surface area contributed by atoms with Crippen LogP contribution in [0.2, 0.25) is 0 Å². The van der Waals surface area contributed by atoms with Gasteiger partial charge in [-0.2, -0.15) is 13.2 Å². The van der Waals surface area contributed by atoms with Crippen LogP contribution in [0.1, 0.15) is 12.0 Å². The molecule has 0 saturated heterocycles. The predicted molar refractivity (Wildman–Crippen MR) is 105 cm³/mol. The smallest absolute Gasteiger partial charge is 0.417 e. The van der Waals surface area contributed by atoms with Crippen LogP contribution in [-0.2, 0) is 11.0 Å². The fourth-order valence-corrected chi connectivity index (χ4v) is 2.66. The van der Waals surface area contributed by atoms with Crippen LogP contribution in [0.4, 0.5) is 19.0 Å². The first-order chi connectivity index (χ1) is 13.9. The van der Waals surface area contributed by atoms with E-state index in [9.17, 15) is 18.0 Å². The molecule has 8 heteroatoms. The van der Waals surface area contributed by atoms with Gasteiger partial charge in [-0.1, -0.05) is 30.3 Å². The minimum absolute atomic E-state index is 0.0910. The van der Waals surface area contributed by atoms with Crippen molar-refractivity contribution in [2.24, 2.45) is 0 Å². The molecule has 29 heavy (non-hydrogen) atoms. The Labute approximate surface area is 165 Å². The molecule has 152 valence electrons. The number of amides is 1. The molecule has 1 amide bonds. The number of nitrogens with zero attached hydrogens (tertiary/aromatic N) is 1. The van der Waals surface area contributed by atoms with Crippen LogP contribution >= 0.6 is 0 Å². The summed E-state index contributed by atoms with van der Waals surface area (Å²) in [6.07, 6.45) is -3.02. The maximum absolute atomic E-state index is 12.5. The third kappa shape index (κ3) is 6.10. The number of alkyl halides is 3. The topological polar surface area (TPSA) is 63.2 Å². The lowest BCUT2D eigenvalue weighted by atomic mass is 10.1. The number of carbonyl (C=O) groups is 1. The van der Waals surface area contributed by atoms with Crippen molar-refractivity contribution in [1.29, 1.82) is 0 Å². The summed E-state index contributed by atoms with van der Waals surface area (Å²) in [4.78, 5) is 15.6. The van der Waals surface area contributed by atoms with E-state index in [2.05, 4.69) is 15.6 Å². The van der Waals surface area contributed by atoms with Gasteiger partial charge >= 0.3 is 6.18 Å². The predicted octanol–water partition coefficient (Wildman–Crippen LogP) is 4.25. The van der Waals surface area contributed by atoms with E-state index in [1.54, 1.807) is 0 Å². The van der Waals surface area contributed by atoms with Gasteiger partial charge in [0.2, 0.25) is 0 Å². The van der Waals surface area contributed by atoms with Crippen LogP contribution in [0.3, 0.4) is 0 Å². The highest BCUT2D eigenvalue weighted by Gasteiger charge is 2.30. The molecule has 1 aromatic heterocycles. The van der Waals surface area contributed by atoms with Gasteiger partial charge in [-0.05, 0) is 41.5 Å². The normalized spacial score (nSPS) is 11.3. The van der Waals surface area contributed by atoms with Gasteiger partial charge in [-0.25, -0.2) is 4.98 Å². The fourth-order valence-electron chi connectivity index (χ4n) is 2.66. The zero-order chi connectivity index (χ0) is 20.7. The number of hydrogen-bond acceptors (Lipinski definition) is 4. The molecule has 0 aliphatic carbocycles. The van der Waals surface area contributed by atoms with E-state index in [0.717, 1.165) is 23.0 Å². The molecule has 5 nitrogen and oxygen atoms in total. The van der Waals surface area contributed by atoms with Crippen molar-refractivity contribution in [1.82, 2.24) is 10.3 Å². The number of ether oxygens (including phenoxy) is 1. The van der Waals surface area contributed by atoms with Gasteiger partial charge in [-0.3, -0.25) is 4.79 Å². The van der Waals surface area contributed by atoms with Crippen LogP contribution in [0, 0.1) is 0 Å². The number of hydrogen-bond donors (Lipinski definition) is 2. The average Bonchev–Trinajstić information content (AvgIpc) is 2.71. The Morgan fingerprint density at radius 2 is 1.79 bits per heavy atom. The van der Waals surface area contributed by atoms with Gasteiger partial charge in [0, 0.05) is 19.3 Å². The zero-order valence-electron chi connectivity index (χ0n) is 15.5. The molecule has 0 atom stereocenters. The molecule has 2 N–H and O–H groups in total. The third-order valence-electron chi connectivity index (χ3n) is 4.16. The quantitative estimate of drug-likeness (QED) is 0.552. The Morgan fingerprint density at radius 1 is 1.00 bits per heavy atom. The number of nitrogens with one attached hydrogen (secondary N) is 2. The van der Waals surface area contributed by atoms with Gasteiger partial charge in [0.25, 0.3) is 5.91 Å². The number of aromatic nitrogens is 1. The number of anilines is 1. The summed E-state index contributed by atoms with van der Waals surface area (Å²) in [5.74, 6) is 0.726. The van der Waals surface area contributed by atoms with E-state index < -0.39 is 11.7 Å². The number of benzene rings is 2. The molecule has 0 saturated carbocycles. The van der Waals surface area contributed by atoms with Crippen LogP contribution in [-0.4, -0.2) is 30.6 Å². The second-order valence-corrected chi connectivity index (χ2v) is 6.36. The lowest BCUT2D eigenvalue weighted by molar-refractivity contribution is -0.137.